The van der Waals surface area contributed by atoms with Crippen LogP contribution >= 0.6 is 23.4 Å². The molecule has 0 radical (unpaired) electrons. The van der Waals surface area contributed by atoms with E-state index in [4.69, 9.17) is 11.6 Å². The lowest BCUT2D eigenvalue weighted by Gasteiger charge is -2.32. The van der Waals surface area contributed by atoms with Crippen LogP contribution in [-0.2, 0) is 22.6 Å². The molecular weight excluding hydrogens is 488 g/mol. The van der Waals surface area contributed by atoms with Crippen molar-refractivity contribution in [2.75, 3.05) is 5.75 Å². The molecular formula is C30H35ClN2O2S. The van der Waals surface area contributed by atoms with E-state index in [0.29, 0.717) is 24.4 Å². The summed E-state index contributed by atoms with van der Waals surface area (Å²) in [5.74, 6) is 0.685. The van der Waals surface area contributed by atoms with Crippen molar-refractivity contribution in [2.45, 2.75) is 63.6 Å². The Morgan fingerprint density at radius 2 is 1.58 bits per heavy atom. The Morgan fingerprint density at radius 1 is 0.917 bits per heavy atom. The van der Waals surface area contributed by atoms with Gasteiger partial charge in [0.15, 0.2) is 0 Å². The number of thioether (sulfide) groups is 1. The molecule has 0 aliphatic carbocycles. The standard InChI is InChI=1S/C30H35ClN2O2S/c1-22(2)32-30(35)28(20-24-8-5-4-6-9-24)33(21-25-13-11-23(3)12-14-25)29(34)10-7-19-36-27-17-15-26(31)16-18-27/h4-6,8-9,11-18,22,28H,7,10,19-21H2,1-3H3,(H,32,35). The van der Waals surface area contributed by atoms with E-state index < -0.39 is 6.04 Å². The van der Waals surface area contributed by atoms with Crippen molar-refractivity contribution in [3.63, 3.8) is 0 Å². The van der Waals surface area contributed by atoms with Crippen LogP contribution in [0.3, 0.4) is 0 Å². The molecule has 3 rings (SSSR count). The Balaban J connectivity index is 1.77. The van der Waals surface area contributed by atoms with Gasteiger partial charge in [0.2, 0.25) is 11.8 Å². The van der Waals surface area contributed by atoms with E-state index in [-0.39, 0.29) is 17.9 Å². The molecule has 3 aromatic rings. The second-order valence-corrected chi connectivity index (χ2v) is 10.9. The van der Waals surface area contributed by atoms with Gasteiger partial charge in [0.25, 0.3) is 0 Å². The Morgan fingerprint density at radius 3 is 2.22 bits per heavy atom. The predicted molar refractivity (Wildman–Crippen MR) is 150 cm³/mol. The second kappa shape index (κ2) is 14.1. The Labute approximate surface area is 224 Å². The van der Waals surface area contributed by atoms with Gasteiger partial charge in [-0.15, -0.1) is 11.8 Å². The fourth-order valence-corrected chi connectivity index (χ4v) is 4.89. The van der Waals surface area contributed by atoms with E-state index in [0.717, 1.165) is 33.8 Å². The highest BCUT2D eigenvalue weighted by Crippen LogP contribution is 2.22. The Bertz CT molecular complexity index is 1100. The topological polar surface area (TPSA) is 49.4 Å². The summed E-state index contributed by atoms with van der Waals surface area (Å²) in [6, 6.07) is 25.2. The molecule has 190 valence electrons. The van der Waals surface area contributed by atoms with Gasteiger partial charge in [-0.05, 0) is 68.3 Å². The van der Waals surface area contributed by atoms with Gasteiger partial charge in [-0.1, -0.05) is 71.8 Å². The highest BCUT2D eigenvalue weighted by molar-refractivity contribution is 7.99. The summed E-state index contributed by atoms with van der Waals surface area (Å²) in [6.45, 7) is 6.32. The minimum absolute atomic E-state index is 0.00730. The minimum Gasteiger partial charge on any atom is -0.352 e. The number of hydrogen-bond acceptors (Lipinski definition) is 3. The van der Waals surface area contributed by atoms with Gasteiger partial charge >= 0.3 is 0 Å². The summed E-state index contributed by atoms with van der Waals surface area (Å²) in [6.07, 6.45) is 1.57. The predicted octanol–water partition coefficient (Wildman–Crippen LogP) is 6.69. The number of carbonyl (C=O) groups is 2. The molecule has 0 saturated carbocycles. The van der Waals surface area contributed by atoms with Crippen LogP contribution in [0.1, 0.15) is 43.4 Å². The number of carbonyl (C=O) groups excluding carboxylic acids is 2. The average molecular weight is 523 g/mol. The molecule has 0 saturated heterocycles. The van der Waals surface area contributed by atoms with Crippen molar-refractivity contribution < 1.29 is 9.59 Å². The summed E-state index contributed by atoms with van der Waals surface area (Å²) in [4.78, 5) is 29.9. The van der Waals surface area contributed by atoms with E-state index in [1.807, 2.05) is 99.6 Å². The third-order valence-corrected chi connectivity index (χ3v) is 7.14. The molecule has 1 N–H and O–H groups in total. The van der Waals surface area contributed by atoms with Gasteiger partial charge in [-0.25, -0.2) is 0 Å². The smallest absolute Gasteiger partial charge is 0.243 e. The fourth-order valence-electron chi connectivity index (χ4n) is 3.91. The quantitative estimate of drug-likeness (QED) is 0.213. The summed E-state index contributed by atoms with van der Waals surface area (Å²) >= 11 is 7.68. The van der Waals surface area contributed by atoms with Crippen LogP contribution in [-0.4, -0.2) is 34.6 Å². The van der Waals surface area contributed by atoms with Crippen molar-refractivity contribution in [3.05, 3.63) is 101 Å². The summed E-state index contributed by atoms with van der Waals surface area (Å²) in [7, 11) is 0. The average Bonchev–Trinajstić information content (AvgIpc) is 2.86. The molecule has 1 atom stereocenters. The molecule has 4 nitrogen and oxygen atoms in total. The number of rotatable bonds is 12. The van der Waals surface area contributed by atoms with Crippen LogP contribution in [0.5, 0.6) is 0 Å². The monoisotopic (exact) mass is 522 g/mol. The first kappa shape index (κ1) is 27.8. The number of halogens is 1. The lowest BCUT2D eigenvalue weighted by molar-refractivity contribution is -0.141. The molecule has 0 aromatic heterocycles. The van der Waals surface area contributed by atoms with Gasteiger partial charge < -0.3 is 10.2 Å². The molecule has 36 heavy (non-hydrogen) atoms. The van der Waals surface area contributed by atoms with Crippen molar-refractivity contribution in [2.24, 2.45) is 0 Å². The molecule has 0 heterocycles. The second-order valence-electron chi connectivity index (χ2n) is 9.28. The van der Waals surface area contributed by atoms with Gasteiger partial charge in [-0.2, -0.15) is 0 Å². The number of nitrogens with zero attached hydrogens (tertiary/aromatic N) is 1. The largest absolute Gasteiger partial charge is 0.352 e. The van der Waals surface area contributed by atoms with E-state index in [1.165, 1.54) is 0 Å². The third-order valence-electron chi connectivity index (χ3n) is 5.79. The van der Waals surface area contributed by atoms with E-state index >= 15 is 0 Å². The van der Waals surface area contributed by atoms with E-state index in [2.05, 4.69) is 5.32 Å². The van der Waals surface area contributed by atoms with Gasteiger partial charge in [0, 0.05) is 35.3 Å². The van der Waals surface area contributed by atoms with E-state index in [1.54, 1.807) is 16.7 Å². The zero-order valence-corrected chi connectivity index (χ0v) is 22.8. The Kier molecular flexibility index (Phi) is 10.9. The molecule has 0 fully saturated rings. The van der Waals surface area contributed by atoms with Crippen molar-refractivity contribution in [1.29, 1.82) is 0 Å². The van der Waals surface area contributed by atoms with Crippen LogP contribution < -0.4 is 5.32 Å². The zero-order valence-electron chi connectivity index (χ0n) is 21.2. The third kappa shape index (κ3) is 9.03. The number of amides is 2. The van der Waals surface area contributed by atoms with Crippen LogP contribution in [0.25, 0.3) is 0 Å². The SMILES string of the molecule is Cc1ccc(CN(C(=O)CCCSc2ccc(Cl)cc2)C(Cc2ccccc2)C(=O)NC(C)C)cc1. The highest BCUT2D eigenvalue weighted by atomic mass is 35.5. The van der Waals surface area contributed by atoms with Crippen LogP contribution in [0.2, 0.25) is 5.02 Å². The highest BCUT2D eigenvalue weighted by Gasteiger charge is 2.30. The van der Waals surface area contributed by atoms with Gasteiger partial charge in [0.05, 0.1) is 0 Å². The summed E-state index contributed by atoms with van der Waals surface area (Å²) < 4.78 is 0. The maximum Gasteiger partial charge on any atom is 0.243 e. The molecule has 0 aliphatic rings. The van der Waals surface area contributed by atoms with Gasteiger partial charge in [-0.3, -0.25) is 9.59 Å². The molecule has 0 aliphatic heterocycles. The number of nitrogens with one attached hydrogen (secondary N) is 1. The van der Waals surface area contributed by atoms with Crippen LogP contribution in [0, 0.1) is 6.92 Å². The Hall–Kier alpha value is -2.76. The van der Waals surface area contributed by atoms with E-state index in [9.17, 15) is 9.59 Å². The number of benzene rings is 3. The molecule has 6 heteroatoms. The van der Waals surface area contributed by atoms with Crippen molar-refractivity contribution in [3.8, 4) is 0 Å². The zero-order chi connectivity index (χ0) is 25.9. The summed E-state index contributed by atoms with van der Waals surface area (Å²) in [5.41, 5.74) is 3.20. The first-order valence-electron chi connectivity index (χ1n) is 12.4. The minimum atomic E-state index is -0.590. The van der Waals surface area contributed by atoms with Gasteiger partial charge in [0.1, 0.15) is 6.04 Å². The lowest BCUT2D eigenvalue weighted by Crippen LogP contribution is -2.51. The lowest BCUT2D eigenvalue weighted by atomic mass is 10.0. The maximum absolute atomic E-state index is 13.6. The first-order chi connectivity index (χ1) is 17.3. The summed E-state index contributed by atoms with van der Waals surface area (Å²) in [5, 5.41) is 3.75. The van der Waals surface area contributed by atoms with Crippen molar-refractivity contribution in [1.82, 2.24) is 10.2 Å². The number of hydrogen-bond donors (Lipinski definition) is 1. The molecule has 1 unspecified atom stereocenters. The molecule has 2 amide bonds. The van der Waals surface area contributed by atoms with Crippen molar-refractivity contribution >= 4 is 35.2 Å². The maximum atomic E-state index is 13.6. The molecule has 0 bridgehead atoms. The fraction of sp³-hybridized carbons (Fsp3) is 0.333. The normalized spacial score (nSPS) is 11.8. The number of aryl methyl sites for hydroxylation is 1. The molecule has 0 spiro atoms. The van der Waals surface area contributed by atoms with Crippen LogP contribution in [0.4, 0.5) is 0 Å². The van der Waals surface area contributed by atoms with Crippen LogP contribution in [0.15, 0.2) is 83.8 Å². The molecule has 3 aromatic carbocycles. The first-order valence-corrected chi connectivity index (χ1v) is 13.8.